The topological polar surface area (TPSA) is 58.6 Å². The zero-order valence-corrected chi connectivity index (χ0v) is 12.0. The molecule has 1 amide bonds. The number of carbonyl (C=O) groups excluding carboxylic acids is 1. The molecule has 0 bridgehead atoms. The molecule has 4 heteroatoms. The van der Waals surface area contributed by atoms with Crippen molar-refractivity contribution in [2.75, 3.05) is 0 Å². The molecule has 0 aromatic heterocycles. The molecular formula is C15H23NO3. The van der Waals surface area contributed by atoms with Gasteiger partial charge in [-0.2, -0.15) is 0 Å². The van der Waals surface area contributed by atoms with Crippen molar-refractivity contribution in [2.45, 2.75) is 52.4 Å². The van der Waals surface area contributed by atoms with E-state index in [-0.39, 0.29) is 11.9 Å². The summed E-state index contributed by atoms with van der Waals surface area (Å²) in [7, 11) is 0. The number of para-hydroxylation sites is 1. The van der Waals surface area contributed by atoms with E-state index in [1.807, 2.05) is 26.0 Å². The van der Waals surface area contributed by atoms with Crippen LogP contribution in [0, 0.1) is 0 Å². The van der Waals surface area contributed by atoms with E-state index in [4.69, 9.17) is 4.74 Å². The van der Waals surface area contributed by atoms with Crippen molar-refractivity contribution >= 4 is 5.91 Å². The molecule has 0 saturated carbocycles. The maximum absolute atomic E-state index is 11.9. The Bertz CT molecular complexity index is 418. The third-order valence-corrected chi connectivity index (χ3v) is 3.04. The van der Waals surface area contributed by atoms with E-state index >= 15 is 0 Å². The highest BCUT2D eigenvalue weighted by molar-refractivity contribution is 5.81. The summed E-state index contributed by atoms with van der Waals surface area (Å²) < 4.78 is 5.64. The number of aliphatic hydroxyl groups excluding tert-OH is 1. The molecule has 0 radical (unpaired) electrons. The third-order valence-electron chi connectivity index (χ3n) is 3.04. The minimum atomic E-state index is -0.624. The lowest BCUT2D eigenvalue weighted by molar-refractivity contribution is -0.127. The van der Waals surface area contributed by atoms with Gasteiger partial charge in [-0.25, -0.2) is 0 Å². The number of aliphatic hydroxyl groups is 1. The molecule has 0 aliphatic rings. The Hall–Kier alpha value is -1.55. The summed E-state index contributed by atoms with van der Waals surface area (Å²) in [6, 6.07) is 7.33. The second-order valence-corrected chi connectivity index (χ2v) is 4.79. The van der Waals surface area contributed by atoms with Gasteiger partial charge in [0.25, 0.3) is 5.91 Å². The highest BCUT2D eigenvalue weighted by Gasteiger charge is 2.18. The number of hydrogen-bond donors (Lipinski definition) is 2. The van der Waals surface area contributed by atoms with Crippen LogP contribution >= 0.6 is 0 Å². The first kappa shape index (κ1) is 15.5. The standard InChI is InChI=1S/C15H23NO3/c1-5-10(2)16-15(18)12(4)19-14-9-7-6-8-13(14)11(3)17/h6-12,17H,5H2,1-4H3,(H,16,18)/t10?,11-,12?/m1/s1. The molecule has 0 heterocycles. The smallest absolute Gasteiger partial charge is 0.260 e. The molecule has 0 spiro atoms. The second-order valence-electron chi connectivity index (χ2n) is 4.79. The Labute approximate surface area is 114 Å². The summed E-state index contributed by atoms with van der Waals surface area (Å²) in [6.45, 7) is 7.34. The molecule has 3 atom stereocenters. The molecular weight excluding hydrogens is 242 g/mol. The molecule has 4 nitrogen and oxygen atoms in total. The van der Waals surface area contributed by atoms with Gasteiger partial charge in [-0.3, -0.25) is 4.79 Å². The number of rotatable bonds is 6. The summed E-state index contributed by atoms with van der Waals surface area (Å²) in [5.74, 6) is 0.402. The molecule has 1 aromatic rings. The summed E-state index contributed by atoms with van der Waals surface area (Å²) in [5.41, 5.74) is 0.686. The van der Waals surface area contributed by atoms with Crippen molar-refractivity contribution in [1.29, 1.82) is 0 Å². The van der Waals surface area contributed by atoms with Crippen molar-refractivity contribution in [3.05, 3.63) is 29.8 Å². The fourth-order valence-electron chi connectivity index (χ4n) is 1.64. The average Bonchev–Trinajstić information content (AvgIpc) is 2.38. The molecule has 1 rings (SSSR count). The largest absolute Gasteiger partial charge is 0.481 e. The summed E-state index contributed by atoms with van der Waals surface area (Å²) >= 11 is 0. The lowest BCUT2D eigenvalue weighted by Gasteiger charge is -2.20. The molecule has 1 aromatic carbocycles. The van der Waals surface area contributed by atoms with Gasteiger partial charge in [0.05, 0.1) is 6.10 Å². The number of ether oxygens (including phenoxy) is 1. The second kappa shape index (κ2) is 7.14. The van der Waals surface area contributed by atoms with Gasteiger partial charge in [0.1, 0.15) is 5.75 Å². The van der Waals surface area contributed by atoms with E-state index in [2.05, 4.69) is 5.32 Å². The van der Waals surface area contributed by atoms with E-state index in [0.29, 0.717) is 11.3 Å². The van der Waals surface area contributed by atoms with E-state index in [1.54, 1.807) is 26.0 Å². The first-order chi connectivity index (χ1) is 8.95. The van der Waals surface area contributed by atoms with Crippen LogP contribution in [0.1, 0.15) is 45.8 Å². The maximum atomic E-state index is 11.9. The van der Waals surface area contributed by atoms with Crippen LogP contribution < -0.4 is 10.1 Å². The fraction of sp³-hybridized carbons (Fsp3) is 0.533. The number of hydrogen-bond acceptors (Lipinski definition) is 3. The van der Waals surface area contributed by atoms with Crippen LogP contribution in [0.4, 0.5) is 0 Å². The zero-order valence-electron chi connectivity index (χ0n) is 12.0. The molecule has 0 aliphatic carbocycles. The predicted molar refractivity (Wildman–Crippen MR) is 75.1 cm³/mol. The Morgan fingerprint density at radius 1 is 1.32 bits per heavy atom. The highest BCUT2D eigenvalue weighted by Crippen LogP contribution is 2.25. The van der Waals surface area contributed by atoms with Gasteiger partial charge in [-0.05, 0) is 33.3 Å². The van der Waals surface area contributed by atoms with Crippen LogP contribution in [0.5, 0.6) is 5.75 Å². The SMILES string of the molecule is CCC(C)NC(=O)C(C)Oc1ccccc1[C@@H](C)O. The van der Waals surface area contributed by atoms with Gasteiger partial charge >= 0.3 is 0 Å². The van der Waals surface area contributed by atoms with Crippen molar-refractivity contribution in [1.82, 2.24) is 5.32 Å². The quantitative estimate of drug-likeness (QED) is 0.830. The molecule has 106 valence electrons. The third kappa shape index (κ3) is 4.56. The summed E-state index contributed by atoms with van der Waals surface area (Å²) in [4.78, 5) is 11.9. The minimum absolute atomic E-state index is 0.130. The van der Waals surface area contributed by atoms with Crippen LogP contribution in [-0.4, -0.2) is 23.2 Å². The lowest BCUT2D eigenvalue weighted by atomic mass is 10.1. The Morgan fingerprint density at radius 3 is 2.53 bits per heavy atom. The first-order valence-electron chi connectivity index (χ1n) is 6.69. The Morgan fingerprint density at radius 2 is 1.95 bits per heavy atom. The summed E-state index contributed by atoms with van der Waals surface area (Å²) in [5, 5.41) is 12.5. The van der Waals surface area contributed by atoms with Crippen LogP contribution in [0.25, 0.3) is 0 Å². The van der Waals surface area contributed by atoms with E-state index < -0.39 is 12.2 Å². The number of benzene rings is 1. The van der Waals surface area contributed by atoms with Crippen molar-refractivity contribution in [2.24, 2.45) is 0 Å². The Balaban J connectivity index is 2.71. The number of nitrogens with one attached hydrogen (secondary N) is 1. The van der Waals surface area contributed by atoms with Crippen LogP contribution in [0.2, 0.25) is 0 Å². The monoisotopic (exact) mass is 265 g/mol. The maximum Gasteiger partial charge on any atom is 0.260 e. The molecule has 0 aliphatic heterocycles. The Kier molecular flexibility index (Phi) is 5.83. The van der Waals surface area contributed by atoms with E-state index in [0.717, 1.165) is 6.42 Å². The van der Waals surface area contributed by atoms with Crippen molar-refractivity contribution < 1.29 is 14.6 Å². The molecule has 0 fully saturated rings. The summed E-state index contributed by atoms with van der Waals surface area (Å²) in [6.07, 6.45) is -0.335. The minimum Gasteiger partial charge on any atom is -0.481 e. The number of carbonyl (C=O) groups is 1. The molecule has 19 heavy (non-hydrogen) atoms. The van der Waals surface area contributed by atoms with Gasteiger partial charge < -0.3 is 15.2 Å². The predicted octanol–water partition coefficient (Wildman–Crippen LogP) is 2.42. The molecule has 2 unspecified atom stereocenters. The van der Waals surface area contributed by atoms with E-state index in [9.17, 15) is 9.90 Å². The van der Waals surface area contributed by atoms with E-state index in [1.165, 1.54) is 0 Å². The van der Waals surface area contributed by atoms with Gasteiger partial charge in [-0.1, -0.05) is 25.1 Å². The first-order valence-corrected chi connectivity index (χ1v) is 6.69. The van der Waals surface area contributed by atoms with Crippen LogP contribution in [0.3, 0.4) is 0 Å². The zero-order chi connectivity index (χ0) is 14.4. The lowest BCUT2D eigenvalue weighted by Crippen LogP contribution is -2.41. The van der Waals surface area contributed by atoms with Gasteiger partial charge in [0.2, 0.25) is 0 Å². The molecule has 0 saturated heterocycles. The van der Waals surface area contributed by atoms with Crippen LogP contribution in [-0.2, 0) is 4.79 Å². The van der Waals surface area contributed by atoms with Crippen molar-refractivity contribution in [3.63, 3.8) is 0 Å². The molecule has 2 N–H and O–H groups in total. The average molecular weight is 265 g/mol. The van der Waals surface area contributed by atoms with Crippen molar-refractivity contribution in [3.8, 4) is 5.75 Å². The van der Waals surface area contributed by atoms with Crippen LogP contribution in [0.15, 0.2) is 24.3 Å². The van der Waals surface area contributed by atoms with Gasteiger partial charge in [-0.15, -0.1) is 0 Å². The normalized spacial score (nSPS) is 15.4. The fourth-order valence-corrected chi connectivity index (χ4v) is 1.64. The highest BCUT2D eigenvalue weighted by atomic mass is 16.5. The van der Waals surface area contributed by atoms with Gasteiger partial charge in [0.15, 0.2) is 6.10 Å². The van der Waals surface area contributed by atoms with Gasteiger partial charge in [0, 0.05) is 11.6 Å². The number of amides is 1.